The lowest BCUT2D eigenvalue weighted by atomic mass is 9.93. The van der Waals surface area contributed by atoms with Gasteiger partial charge in [-0.2, -0.15) is 0 Å². The maximum absolute atomic E-state index is 12.1. The third-order valence-corrected chi connectivity index (χ3v) is 3.98. The molecule has 1 N–H and O–H groups in total. The minimum atomic E-state index is -0.540. The SMILES string of the molecule is CC(C)(C)OC(=O)N[C@H]1CC[C@@H](OC(=O)c2ccc([N+](=O)[O-])cc2)CC1. The summed E-state index contributed by atoms with van der Waals surface area (Å²) in [5.74, 6) is -0.497. The summed E-state index contributed by atoms with van der Waals surface area (Å²) in [7, 11) is 0. The molecule has 0 radical (unpaired) electrons. The third-order valence-electron chi connectivity index (χ3n) is 3.98. The molecule has 0 aliphatic heterocycles. The fourth-order valence-corrected chi connectivity index (χ4v) is 2.74. The van der Waals surface area contributed by atoms with Gasteiger partial charge in [-0.1, -0.05) is 0 Å². The zero-order valence-corrected chi connectivity index (χ0v) is 15.2. The van der Waals surface area contributed by atoms with Gasteiger partial charge in [-0.05, 0) is 58.6 Å². The van der Waals surface area contributed by atoms with Gasteiger partial charge in [0.25, 0.3) is 5.69 Å². The molecule has 1 aliphatic rings. The van der Waals surface area contributed by atoms with Crippen LogP contribution in [0.2, 0.25) is 0 Å². The largest absolute Gasteiger partial charge is 0.459 e. The quantitative estimate of drug-likeness (QED) is 0.497. The van der Waals surface area contributed by atoms with Crippen LogP contribution in [0.3, 0.4) is 0 Å². The van der Waals surface area contributed by atoms with E-state index in [1.807, 2.05) is 0 Å². The molecule has 0 aromatic heterocycles. The van der Waals surface area contributed by atoms with Crippen molar-refractivity contribution in [2.24, 2.45) is 0 Å². The first kappa shape index (κ1) is 19.7. The number of ether oxygens (including phenoxy) is 2. The summed E-state index contributed by atoms with van der Waals surface area (Å²) in [5, 5.41) is 13.5. The Morgan fingerprint density at radius 3 is 2.19 bits per heavy atom. The van der Waals surface area contributed by atoms with Gasteiger partial charge in [-0.15, -0.1) is 0 Å². The highest BCUT2D eigenvalue weighted by Crippen LogP contribution is 2.23. The van der Waals surface area contributed by atoms with Crippen LogP contribution in [0, 0.1) is 10.1 Å². The van der Waals surface area contributed by atoms with Gasteiger partial charge in [0, 0.05) is 18.2 Å². The predicted octanol–water partition coefficient (Wildman–Crippen LogP) is 3.59. The Balaban J connectivity index is 1.78. The molecule has 1 aromatic carbocycles. The molecule has 2 rings (SSSR count). The Hall–Kier alpha value is -2.64. The molecule has 0 unspecified atom stereocenters. The summed E-state index contributed by atoms with van der Waals surface area (Å²) < 4.78 is 10.7. The van der Waals surface area contributed by atoms with E-state index in [-0.39, 0.29) is 23.4 Å². The minimum absolute atomic E-state index is 0.000762. The Morgan fingerprint density at radius 2 is 1.69 bits per heavy atom. The number of benzene rings is 1. The van der Waals surface area contributed by atoms with Gasteiger partial charge in [0.1, 0.15) is 11.7 Å². The second-order valence-electron chi connectivity index (χ2n) is 7.33. The number of alkyl carbamates (subject to hydrolysis) is 1. The van der Waals surface area contributed by atoms with Crippen molar-refractivity contribution in [3.8, 4) is 0 Å². The lowest BCUT2D eigenvalue weighted by Gasteiger charge is -2.29. The van der Waals surface area contributed by atoms with E-state index in [4.69, 9.17) is 9.47 Å². The number of nitro benzene ring substituents is 1. The molecule has 0 spiro atoms. The van der Waals surface area contributed by atoms with Crippen molar-refractivity contribution in [2.45, 2.75) is 64.2 Å². The van der Waals surface area contributed by atoms with Crippen LogP contribution in [0.1, 0.15) is 56.8 Å². The molecule has 0 heterocycles. The Labute approximate surface area is 152 Å². The number of nitro groups is 1. The van der Waals surface area contributed by atoms with Crippen LogP contribution in [0.5, 0.6) is 0 Å². The van der Waals surface area contributed by atoms with Crippen LogP contribution in [0.15, 0.2) is 24.3 Å². The van der Waals surface area contributed by atoms with Gasteiger partial charge in [-0.3, -0.25) is 10.1 Å². The van der Waals surface area contributed by atoms with Gasteiger partial charge in [0.05, 0.1) is 10.5 Å². The van der Waals surface area contributed by atoms with E-state index >= 15 is 0 Å². The van der Waals surface area contributed by atoms with E-state index in [0.29, 0.717) is 25.7 Å². The van der Waals surface area contributed by atoms with Gasteiger partial charge in [0.15, 0.2) is 0 Å². The molecule has 8 heteroatoms. The highest BCUT2D eigenvalue weighted by molar-refractivity contribution is 5.89. The highest BCUT2D eigenvalue weighted by Gasteiger charge is 2.27. The second kappa shape index (κ2) is 8.16. The molecule has 0 saturated heterocycles. The van der Waals surface area contributed by atoms with Crippen molar-refractivity contribution in [2.75, 3.05) is 0 Å². The minimum Gasteiger partial charge on any atom is -0.459 e. The summed E-state index contributed by atoms with van der Waals surface area (Å²) in [6.07, 6.45) is 1.99. The summed E-state index contributed by atoms with van der Waals surface area (Å²) >= 11 is 0. The number of carbonyl (C=O) groups excluding carboxylic acids is 2. The second-order valence-corrected chi connectivity index (χ2v) is 7.33. The molecule has 0 bridgehead atoms. The van der Waals surface area contributed by atoms with Crippen LogP contribution < -0.4 is 5.32 Å². The Morgan fingerprint density at radius 1 is 1.12 bits per heavy atom. The lowest BCUT2D eigenvalue weighted by molar-refractivity contribution is -0.384. The van der Waals surface area contributed by atoms with Crippen molar-refractivity contribution >= 4 is 17.7 Å². The lowest BCUT2D eigenvalue weighted by Crippen LogP contribution is -2.42. The number of rotatable bonds is 4. The molecule has 142 valence electrons. The first-order valence-electron chi connectivity index (χ1n) is 8.59. The fourth-order valence-electron chi connectivity index (χ4n) is 2.74. The molecule has 0 atom stereocenters. The van der Waals surface area contributed by atoms with Crippen LogP contribution in [-0.4, -0.2) is 34.7 Å². The Bertz CT molecular complexity index is 657. The van der Waals surface area contributed by atoms with Crippen molar-refractivity contribution in [1.29, 1.82) is 0 Å². The molecule has 1 aromatic rings. The number of non-ortho nitro benzene ring substituents is 1. The van der Waals surface area contributed by atoms with Gasteiger partial charge in [0.2, 0.25) is 0 Å². The summed E-state index contributed by atoms with van der Waals surface area (Å²) in [6, 6.07) is 5.32. The zero-order chi connectivity index (χ0) is 19.3. The molecule has 8 nitrogen and oxygen atoms in total. The number of nitrogens with zero attached hydrogens (tertiary/aromatic N) is 1. The molecule has 1 saturated carbocycles. The zero-order valence-electron chi connectivity index (χ0n) is 15.2. The molecule has 1 fully saturated rings. The molecule has 1 amide bonds. The number of nitrogens with one attached hydrogen (secondary N) is 1. The molecular weight excluding hydrogens is 340 g/mol. The number of carbonyl (C=O) groups is 2. The molecule has 26 heavy (non-hydrogen) atoms. The average molecular weight is 364 g/mol. The Kier molecular flexibility index (Phi) is 6.18. The highest BCUT2D eigenvalue weighted by atomic mass is 16.6. The smallest absolute Gasteiger partial charge is 0.407 e. The van der Waals surface area contributed by atoms with Crippen molar-refractivity contribution < 1.29 is 24.0 Å². The predicted molar refractivity (Wildman–Crippen MR) is 93.9 cm³/mol. The number of amides is 1. The average Bonchev–Trinajstić information content (AvgIpc) is 2.55. The summed E-state index contributed by atoms with van der Waals surface area (Å²) in [5.41, 5.74) is -0.332. The van der Waals surface area contributed by atoms with Gasteiger partial charge < -0.3 is 14.8 Å². The maximum atomic E-state index is 12.1. The van der Waals surface area contributed by atoms with Gasteiger partial charge >= 0.3 is 12.1 Å². The van der Waals surface area contributed by atoms with Gasteiger partial charge in [-0.25, -0.2) is 9.59 Å². The summed E-state index contributed by atoms with van der Waals surface area (Å²) in [4.78, 5) is 34.0. The van der Waals surface area contributed by atoms with E-state index in [9.17, 15) is 19.7 Å². The normalized spacial score (nSPS) is 20.1. The van der Waals surface area contributed by atoms with Crippen molar-refractivity contribution in [3.05, 3.63) is 39.9 Å². The van der Waals surface area contributed by atoms with E-state index in [1.54, 1.807) is 20.8 Å². The van der Waals surface area contributed by atoms with Crippen molar-refractivity contribution in [1.82, 2.24) is 5.32 Å². The first-order valence-corrected chi connectivity index (χ1v) is 8.59. The van der Waals surface area contributed by atoms with Crippen molar-refractivity contribution in [3.63, 3.8) is 0 Å². The number of hydrogen-bond donors (Lipinski definition) is 1. The third kappa shape index (κ3) is 6.02. The first-order chi connectivity index (χ1) is 12.1. The maximum Gasteiger partial charge on any atom is 0.407 e. The van der Waals surface area contributed by atoms with E-state index in [2.05, 4.69) is 5.32 Å². The van der Waals surface area contributed by atoms with E-state index < -0.39 is 22.6 Å². The van der Waals surface area contributed by atoms with Crippen LogP contribution in [0.4, 0.5) is 10.5 Å². The molecule has 1 aliphatic carbocycles. The van der Waals surface area contributed by atoms with Crippen LogP contribution in [-0.2, 0) is 9.47 Å². The standard InChI is InChI=1S/C18H24N2O6/c1-18(2,3)26-17(22)19-13-6-10-15(11-7-13)25-16(21)12-4-8-14(9-5-12)20(23)24/h4-5,8-9,13,15H,6-7,10-11H2,1-3H3,(H,19,22)/t13-,15+. The fraction of sp³-hybridized carbons (Fsp3) is 0.556. The van der Waals surface area contributed by atoms with Crippen LogP contribution >= 0.6 is 0 Å². The monoisotopic (exact) mass is 364 g/mol. The topological polar surface area (TPSA) is 108 Å². The van der Waals surface area contributed by atoms with E-state index in [0.717, 1.165) is 0 Å². The number of hydrogen-bond acceptors (Lipinski definition) is 6. The van der Waals surface area contributed by atoms with E-state index in [1.165, 1.54) is 24.3 Å². The number of esters is 1. The summed E-state index contributed by atoms with van der Waals surface area (Å²) in [6.45, 7) is 5.42. The van der Waals surface area contributed by atoms with Crippen LogP contribution in [0.25, 0.3) is 0 Å². The molecular formula is C18H24N2O6.